The monoisotopic (exact) mass is 225 g/mol. The average Bonchev–Trinajstić information content (AvgIpc) is 2.75. The van der Waals surface area contributed by atoms with Crippen LogP contribution in [0.2, 0.25) is 0 Å². The molecule has 0 bridgehead atoms. The highest BCUT2D eigenvalue weighted by molar-refractivity contribution is 4.78. The van der Waals surface area contributed by atoms with Gasteiger partial charge >= 0.3 is 0 Å². The maximum absolute atomic E-state index is 5.10. The summed E-state index contributed by atoms with van der Waals surface area (Å²) in [5.41, 5.74) is 0.292. The summed E-state index contributed by atoms with van der Waals surface area (Å²) in [5, 5.41) is 7.61. The van der Waals surface area contributed by atoms with E-state index >= 15 is 0 Å². The molecule has 0 aliphatic rings. The van der Waals surface area contributed by atoms with E-state index in [0.29, 0.717) is 5.41 Å². The molecular formula is C12H23N3O. The molecule has 4 heteroatoms. The number of nitrogens with zero attached hydrogens (tertiary/aromatic N) is 2. The summed E-state index contributed by atoms with van der Waals surface area (Å²) >= 11 is 0. The minimum absolute atomic E-state index is 0.292. The lowest BCUT2D eigenvalue weighted by molar-refractivity contribution is 0.150. The molecule has 0 saturated carbocycles. The van der Waals surface area contributed by atoms with Crippen molar-refractivity contribution in [3.05, 3.63) is 18.5 Å². The molecule has 0 amide bonds. The zero-order valence-corrected chi connectivity index (χ0v) is 10.6. The Balaban J connectivity index is 2.10. The Bertz CT molecular complexity index is 270. The number of ether oxygens (including phenoxy) is 1. The molecule has 0 saturated heterocycles. The summed E-state index contributed by atoms with van der Waals surface area (Å²) in [6, 6.07) is 1.95. The molecular weight excluding hydrogens is 202 g/mol. The molecule has 0 radical (unpaired) electrons. The van der Waals surface area contributed by atoms with Gasteiger partial charge in [0.25, 0.3) is 0 Å². The first kappa shape index (κ1) is 13.2. The summed E-state index contributed by atoms with van der Waals surface area (Å²) in [5.74, 6) is 0. The van der Waals surface area contributed by atoms with Crippen LogP contribution in [0, 0.1) is 5.41 Å². The Morgan fingerprint density at radius 1 is 1.44 bits per heavy atom. The Hall–Kier alpha value is -0.870. The number of nitrogens with one attached hydrogen (secondary N) is 1. The molecule has 1 rings (SSSR count). The maximum Gasteiger partial charge on any atom is 0.0533 e. The van der Waals surface area contributed by atoms with Crippen LogP contribution in [0.15, 0.2) is 18.5 Å². The van der Waals surface area contributed by atoms with Gasteiger partial charge < -0.3 is 10.1 Å². The van der Waals surface area contributed by atoms with E-state index in [1.165, 1.54) is 0 Å². The predicted molar refractivity (Wildman–Crippen MR) is 65.4 cm³/mol. The minimum atomic E-state index is 0.292. The second-order valence-corrected chi connectivity index (χ2v) is 4.85. The number of aromatic nitrogens is 2. The molecule has 1 N–H and O–H groups in total. The normalized spacial score (nSPS) is 11.9. The number of hydrogen-bond donors (Lipinski definition) is 1. The van der Waals surface area contributed by atoms with Crippen molar-refractivity contribution in [1.82, 2.24) is 15.1 Å². The Morgan fingerprint density at radius 2 is 2.25 bits per heavy atom. The molecule has 1 heterocycles. The molecule has 0 fully saturated rings. The first-order valence-electron chi connectivity index (χ1n) is 5.81. The van der Waals surface area contributed by atoms with Crippen LogP contribution in [-0.2, 0) is 11.3 Å². The van der Waals surface area contributed by atoms with Crippen LogP contribution in [0.3, 0.4) is 0 Å². The van der Waals surface area contributed by atoms with Crippen molar-refractivity contribution < 1.29 is 4.74 Å². The van der Waals surface area contributed by atoms with Crippen LogP contribution in [0.1, 0.15) is 20.3 Å². The summed E-state index contributed by atoms with van der Waals surface area (Å²) in [6.45, 7) is 8.23. The van der Waals surface area contributed by atoms with Crippen molar-refractivity contribution in [2.45, 2.75) is 26.8 Å². The predicted octanol–water partition coefficient (Wildman–Crippen LogP) is 1.54. The van der Waals surface area contributed by atoms with Crippen molar-refractivity contribution in [1.29, 1.82) is 0 Å². The van der Waals surface area contributed by atoms with E-state index in [-0.39, 0.29) is 0 Å². The molecule has 16 heavy (non-hydrogen) atoms. The van der Waals surface area contributed by atoms with Crippen molar-refractivity contribution in [3.8, 4) is 0 Å². The van der Waals surface area contributed by atoms with Crippen LogP contribution < -0.4 is 5.32 Å². The van der Waals surface area contributed by atoms with Gasteiger partial charge in [-0.05, 0) is 17.9 Å². The van der Waals surface area contributed by atoms with Crippen LogP contribution in [0.5, 0.6) is 0 Å². The van der Waals surface area contributed by atoms with Gasteiger partial charge in [-0.2, -0.15) is 5.10 Å². The van der Waals surface area contributed by atoms with Crippen LogP contribution in [-0.4, -0.2) is 36.6 Å². The largest absolute Gasteiger partial charge is 0.385 e. The van der Waals surface area contributed by atoms with E-state index in [1.807, 2.05) is 23.1 Å². The molecule has 0 spiro atoms. The molecule has 0 atom stereocenters. The molecule has 92 valence electrons. The fourth-order valence-electron chi connectivity index (χ4n) is 1.52. The van der Waals surface area contributed by atoms with Gasteiger partial charge in [0.1, 0.15) is 0 Å². The third kappa shape index (κ3) is 5.28. The van der Waals surface area contributed by atoms with Gasteiger partial charge in [0, 0.05) is 39.2 Å². The molecule has 1 aromatic rings. The summed E-state index contributed by atoms with van der Waals surface area (Å²) in [4.78, 5) is 0. The SMILES string of the molecule is COCCC(C)(C)CNCCn1cccn1. The smallest absolute Gasteiger partial charge is 0.0533 e. The van der Waals surface area contributed by atoms with Crippen molar-refractivity contribution in [2.24, 2.45) is 5.41 Å². The Kier molecular flexibility index (Phi) is 5.49. The fourth-order valence-corrected chi connectivity index (χ4v) is 1.52. The quantitative estimate of drug-likeness (QED) is 0.682. The summed E-state index contributed by atoms with van der Waals surface area (Å²) < 4.78 is 7.04. The Morgan fingerprint density at radius 3 is 2.88 bits per heavy atom. The van der Waals surface area contributed by atoms with E-state index < -0.39 is 0 Å². The topological polar surface area (TPSA) is 39.1 Å². The molecule has 0 aromatic carbocycles. The summed E-state index contributed by atoms with van der Waals surface area (Å²) in [7, 11) is 1.75. The first-order chi connectivity index (χ1) is 7.64. The molecule has 0 unspecified atom stereocenters. The van der Waals surface area contributed by atoms with Crippen molar-refractivity contribution in [2.75, 3.05) is 26.8 Å². The van der Waals surface area contributed by atoms with Gasteiger partial charge in [-0.25, -0.2) is 0 Å². The van der Waals surface area contributed by atoms with Gasteiger partial charge in [-0.3, -0.25) is 4.68 Å². The molecule has 0 aliphatic heterocycles. The number of rotatable bonds is 8. The van der Waals surface area contributed by atoms with Gasteiger partial charge in [0.15, 0.2) is 0 Å². The van der Waals surface area contributed by atoms with Crippen LogP contribution >= 0.6 is 0 Å². The van der Waals surface area contributed by atoms with Gasteiger partial charge in [-0.15, -0.1) is 0 Å². The average molecular weight is 225 g/mol. The molecule has 1 aromatic heterocycles. The lowest BCUT2D eigenvalue weighted by Gasteiger charge is -2.24. The van der Waals surface area contributed by atoms with Crippen LogP contribution in [0.25, 0.3) is 0 Å². The van der Waals surface area contributed by atoms with Gasteiger partial charge in [0.2, 0.25) is 0 Å². The Labute approximate surface area is 98.0 Å². The van der Waals surface area contributed by atoms with E-state index in [9.17, 15) is 0 Å². The third-order valence-electron chi connectivity index (χ3n) is 2.66. The minimum Gasteiger partial charge on any atom is -0.385 e. The fraction of sp³-hybridized carbons (Fsp3) is 0.750. The van der Waals surface area contributed by atoms with Gasteiger partial charge in [-0.1, -0.05) is 13.8 Å². The highest BCUT2D eigenvalue weighted by Crippen LogP contribution is 2.18. The van der Waals surface area contributed by atoms with Crippen molar-refractivity contribution in [3.63, 3.8) is 0 Å². The van der Waals surface area contributed by atoms with Crippen LogP contribution in [0.4, 0.5) is 0 Å². The van der Waals surface area contributed by atoms with E-state index in [2.05, 4.69) is 24.3 Å². The van der Waals surface area contributed by atoms with Crippen molar-refractivity contribution >= 4 is 0 Å². The third-order valence-corrected chi connectivity index (χ3v) is 2.66. The van der Waals surface area contributed by atoms with E-state index in [0.717, 1.165) is 32.7 Å². The lowest BCUT2D eigenvalue weighted by atomic mass is 9.90. The highest BCUT2D eigenvalue weighted by atomic mass is 16.5. The maximum atomic E-state index is 5.10. The zero-order valence-electron chi connectivity index (χ0n) is 10.6. The van der Waals surface area contributed by atoms with Gasteiger partial charge in [0.05, 0.1) is 6.54 Å². The van der Waals surface area contributed by atoms with E-state index in [1.54, 1.807) is 7.11 Å². The second-order valence-electron chi connectivity index (χ2n) is 4.85. The number of methoxy groups -OCH3 is 1. The second kappa shape index (κ2) is 6.66. The standard InChI is InChI=1S/C12H23N3O/c1-12(2,5-10-16-3)11-13-7-9-15-8-4-6-14-15/h4,6,8,13H,5,7,9-11H2,1-3H3. The highest BCUT2D eigenvalue weighted by Gasteiger charge is 2.16. The zero-order chi connectivity index (χ0) is 11.9. The van der Waals surface area contributed by atoms with E-state index in [4.69, 9.17) is 4.74 Å². The lowest BCUT2D eigenvalue weighted by Crippen LogP contribution is -2.32. The number of hydrogen-bond acceptors (Lipinski definition) is 3. The molecule has 4 nitrogen and oxygen atoms in total. The summed E-state index contributed by atoms with van der Waals surface area (Å²) in [6.07, 6.45) is 4.87. The molecule has 0 aliphatic carbocycles. The first-order valence-corrected chi connectivity index (χ1v) is 5.81.